The lowest BCUT2D eigenvalue weighted by molar-refractivity contribution is 0.763. The van der Waals surface area contributed by atoms with Gasteiger partial charge in [0, 0.05) is 37.1 Å². The molecule has 2 heteroatoms. The highest BCUT2D eigenvalue weighted by Crippen LogP contribution is 2.57. The van der Waals surface area contributed by atoms with Gasteiger partial charge >= 0.3 is 0 Å². The van der Waals surface area contributed by atoms with Gasteiger partial charge in [-0.2, -0.15) is 0 Å². The predicted octanol–water partition coefficient (Wildman–Crippen LogP) is 7.07. The Labute approximate surface area is 254 Å². The smallest absolute Gasteiger partial charge is 0.0714 e. The molecule has 1 aliphatic rings. The second-order valence-corrected chi connectivity index (χ2v) is 11.0. The van der Waals surface area contributed by atoms with Gasteiger partial charge in [0.25, 0.3) is 0 Å². The summed E-state index contributed by atoms with van der Waals surface area (Å²) in [4.78, 5) is 0. The molecule has 0 radical (unpaired) electrons. The van der Waals surface area contributed by atoms with Crippen LogP contribution >= 0.6 is 0 Å². The third-order valence-corrected chi connectivity index (χ3v) is 8.65. The molecule has 0 aliphatic heterocycles. The fraction of sp³-hybridized carbons (Fsp3) is 0.122. The van der Waals surface area contributed by atoms with E-state index in [1.165, 1.54) is 5.39 Å². The minimum atomic E-state index is -0.753. The number of rotatable bonds is 6. The summed E-state index contributed by atoms with van der Waals surface area (Å²) in [5.41, 5.74) is 24.0. The van der Waals surface area contributed by atoms with Crippen molar-refractivity contribution in [2.24, 2.45) is 0 Å². The van der Waals surface area contributed by atoms with E-state index in [0.29, 0.717) is 37.1 Å². The summed E-state index contributed by atoms with van der Waals surface area (Å²) >= 11 is 0. The number of benzene rings is 5. The first-order valence-electron chi connectivity index (χ1n) is 14.2. The van der Waals surface area contributed by atoms with Crippen LogP contribution in [0, 0.1) is 49.4 Å². The van der Waals surface area contributed by atoms with Crippen molar-refractivity contribution < 1.29 is 0 Å². The molecule has 0 saturated heterocycles. The van der Waals surface area contributed by atoms with E-state index in [1.54, 1.807) is 0 Å². The molecule has 6 rings (SSSR count). The lowest BCUT2D eigenvalue weighted by Crippen LogP contribution is -2.30. The number of nitrogen functional groups attached to an aromatic ring is 2. The first-order chi connectivity index (χ1) is 21.0. The van der Waals surface area contributed by atoms with Crippen molar-refractivity contribution >= 4 is 22.1 Å². The van der Waals surface area contributed by atoms with Crippen LogP contribution in [0.1, 0.15) is 44.5 Å². The largest absolute Gasteiger partial charge is 0.398 e. The van der Waals surface area contributed by atoms with Crippen LogP contribution in [0.4, 0.5) is 11.4 Å². The summed E-state index contributed by atoms with van der Waals surface area (Å²) in [6.45, 7) is 0. The molecule has 5 aromatic rings. The fourth-order valence-corrected chi connectivity index (χ4v) is 6.77. The second kappa shape index (κ2) is 10.9. The van der Waals surface area contributed by atoms with Crippen molar-refractivity contribution in [2.45, 2.75) is 31.1 Å². The summed E-state index contributed by atoms with van der Waals surface area (Å²) in [5, 5.41) is 2.31. The normalized spacial score (nSPS) is 12.4. The van der Waals surface area contributed by atoms with Crippen LogP contribution in [-0.4, -0.2) is 0 Å². The van der Waals surface area contributed by atoms with Crippen LogP contribution in [0.5, 0.6) is 0 Å². The Morgan fingerprint density at radius 2 is 0.907 bits per heavy atom. The molecule has 0 heterocycles. The molecule has 0 fully saturated rings. The summed E-state index contributed by atoms with van der Waals surface area (Å²) in [6.07, 6.45) is 24.9. The molecule has 0 bridgehead atoms. The van der Waals surface area contributed by atoms with E-state index in [2.05, 4.69) is 109 Å². The first kappa shape index (κ1) is 27.4. The van der Waals surface area contributed by atoms with Gasteiger partial charge in [0.2, 0.25) is 0 Å². The van der Waals surface area contributed by atoms with Crippen LogP contribution in [0.2, 0.25) is 0 Å². The molecule has 0 atom stereocenters. The van der Waals surface area contributed by atoms with Gasteiger partial charge in [0.15, 0.2) is 0 Å². The van der Waals surface area contributed by atoms with Crippen molar-refractivity contribution in [3.05, 3.63) is 129 Å². The van der Waals surface area contributed by atoms with Gasteiger partial charge in [-0.1, -0.05) is 72.8 Å². The Kier molecular flexibility index (Phi) is 6.93. The topological polar surface area (TPSA) is 52.0 Å². The van der Waals surface area contributed by atoms with Crippen LogP contribution in [0.25, 0.3) is 21.9 Å². The van der Waals surface area contributed by atoms with Gasteiger partial charge < -0.3 is 11.5 Å². The molecule has 0 amide bonds. The van der Waals surface area contributed by atoms with E-state index in [1.807, 2.05) is 0 Å². The highest BCUT2D eigenvalue weighted by Gasteiger charge is 2.47. The first-order valence-corrected chi connectivity index (χ1v) is 14.2. The van der Waals surface area contributed by atoms with E-state index in [4.69, 9.17) is 37.2 Å². The van der Waals surface area contributed by atoms with Crippen molar-refractivity contribution in [1.29, 1.82) is 0 Å². The zero-order valence-electron chi connectivity index (χ0n) is 23.9. The average Bonchev–Trinajstić information content (AvgIpc) is 3.30. The Hall–Kier alpha value is -5.80. The Morgan fingerprint density at radius 1 is 0.488 bits per heavy atom. The van der Waals surface area contributed by atoms with E-state index in [0.717, 1.165) is 61.0 Å². The molecule has 0 spiro atoms. The van der Waals surface area contributed by atoms with Crippen molar-refractivity contribution in [2.75, 3.05) is 11.5 Å². The second-order valence-electron chi connectivity index (χ2n) is 11.0. The lowest BCUT2D eigenvalue weighted by atomic mass is 9.66. The maximum atomic E-state index is 6.66. The quantitative estimate of drug-likeness (QED) is 0.172. The molecule has 1 aliphatic carbocycles. The minimum Gasteiger partial charge on any atom is -0.398 e. The Morgan fingerprint density at radius 3 is 1.37 bits per heavy atom. The van der Waals surface area contributed by atoms with Gasteiger partial charge in [-0.25, -0.2) is 0 Å². The van der Waals surface area contributed by atoms with E-state index >= 15 is 0 Å². The highest BCUT2D eigenvalue weighted by molar-refractivity contribution is 5.96. The van der Waals surface area contributed by atoms with Gasteiger partial charge in [-0.05, 0) is 78.5 Å². The lowest BCUT2D eigenvalue weighted by Gasteiger charge is -2.36. The molecule has 204 valence electrons. The van der Waals surface area contributed by atoms with Crippen molar-refractivity contribution in [3.63, 3.8) is 0 Å². The standard InChI is InChI=1S/C41H30N2/c1-5-13-29-21-33(22-30(14-6-2)39(29)42)41(34-23-31(15-7-3)40(43)32(24-34)16-8-4)37-20-12-11-19-35(37)36-25-27-17-9-10-18-28(27)26-38(36)41/h1-4,9-12,17-26H,13-16,42-43H2. The monoisotopic (exact) mass is 550 g/mol. The van der Waals surface area contributed by atoms with Gasteiger partial charge in [0.05, 0.1) is 5.41 Å². The summed E-state index contributed by atoms with van der Waals surface area (Å²) in [6, 6.07) is 30.2. The van der Waals surface area contributed by atoms with Crippen molar-refractivity contribution in [1.82, 2.24) is 0 Å². The van der Waals surface area contributed by atoms with Crippen LogP contribution in [0.15, 0.2) is 84.9 Å². The molecular weight excluding hydrogens is 520 g/mol. The molecule has 0 aromatic heterocycles. The molecule has 0 unspecified atom stereocenters. The number of hydrogen-bond donors (Lipinski definition) is 2. The predicted molar refractivity (Wildman–Crippen MR) is 180 cm³/mol. The molecule has 4 N–H and O–H groups in total. The highest BCUT2D eigenvalue weighted by atomic mass is 14.6. The van der Waals surface area contributed by atoms with E-state index < -0.39 is 5.41 Å². The summed E-state index contributed by atoms with van der Waals surface area (Å²) < 4.78 is 0. The van der Waals surface area contributed by atoms with E-state index in [9.17, 15) is 0 Å². The Balaban J connectivity index is 1.84. The van der Waals surface area contributed by atoms with Gasteiger partial charge in [-0.15, -0.1) is 49.4 Å². The molecular formula is C41H30N2. The van der Waals surface area contributed by atoms with Crippen LogP contribution in [-0.2, 0) is 31.1 Å². The third kappa shape index (κ3) is 4.22. The number of hydrogen-bond acceptors (Lipinski definition) is 2. The van der Waals surface area contributed by atoms with Crippen LogP contribution in [0.3, 0.4) is 0 Å². The molecule has 5 aromatic carbocycles. The van der Waals surface area contributed by atoms with Gasteiger partial charge in [-0.3, -0.25) is 0 Å². The fourth-order valence-electron chi connectivity index (χ4n) is 6.77. The number of terminal acetylenes is 4. The van der Waals surface area contributed by atoms with E-state index in [-0.39, 0.29) is 0 Å². The number of fused-ring (bicyclic) bond motifs is 4. The maximum absolute atomic E-state index is 6.66. The Bertz CT molecular complexity index is 1940. The van der Waals surface area contributed by atoms with Gasteiger partial charge in [0.1, 0.15) is 0 Å². The summed E-state index contributed by atoms with van der Waals surface area (Å²) in [5.74, 6) is 11.2. The molecule has 0 saturated carbocycles. The van der Waals surface area contributed by atoms with Crippen molar-refractivity contribution in [3.8, 4) is 60.5 Å². The summed E-state index contributed by atoms with van der Waals surface area (Å²) in [7, 11) is 0. The van der Waals surface area contributed by atoms with Crippen LogP contribution < -0.4 is 11.5 Å². The minimum absolute atomic E-state index is 0.381. The third-order valence-electron chi connectivity index (χ3n) is 8.65. The zero-order valence-corrected chi connectivity index (χ0v) is 23.9. The SMILES string of the molecule is C#CCc1cc(C2(c3cc(CC#C)c(N)c(CC#C)c3)c3ccccc3-c3cc4ccccc4cc32)cc(CC#C)c1N. The number of nitrogens with two attached hydrogens (primary N) is 2. The number of anilines is 2. The molecule has 43 heavy (non-hydrogen) atoms. The average molecular weight is 551 g/mol. The maximum Gasteiger partial charge on any atom is 0.0714 e. The molecule has 2 nitrogen and oxygen atoms in total. The zero-order chi connectivity index (χ0) is 30.1.